The summed E-state index contributed by atoms with van der Waals surface area (Å²) >= 11 is 0.896. The van der Waals surface area contributed by atoms with Crippen molar-refractivity contribution in [1.29, 1.82) is 0 Å². The molecule has 2 aliphatic rings. The summed E-state index contributed by atoms with van der Waals surface area (Å²) in [6, 6.07) is 6.50. The van der Waals surface area contributed by atoms with E-state index in [-0.39, 0.29) is 24.0 Å². The number of halogens is 5. The van der Waals surface area contributed by atoms with Gasteiger partial charge in [-0.3, -0.25) is 14.9 Å². The predicted molar refractivity (Wildman–Crippen MR) is 102 cm³/mol. The van der Waals surface area contributed by atoms with Gasteiger partial charge in [0.15, 0.2) is 11.5 Å². The first-order valence-electron chi connectivity index (χ1n) is 9.24. The van der Waals surface area contributed by atoms with Crippen LogP contribution in [0.4, 0.5) is 26.7 Å². The maximum absolute atomic E-state index is 12.9. The van der Waals surface area contributed by atoms with Crippen LogP contribution in [0.2, 0.25) is 0 Å². The Morgan fingerprint density at radius 1 is 1.09 bits per heavy atom. The standard InChI is InChI=1S/C20H14F5NO5S/c21-18(22)31-15-7-9(20(23,24)25)1-4-13(15)30-10-2-3-11-12(5-6-29-14(11)8-10)16-17(27)26-19(28)32-16/h1-4,7-8,12,16,18H,5-6H2,(H,26,27,28)/t12-,16?/m1/s1. The summed E-state index contributed by atoms with van der Waals surface area (Å²) in [6.07, 6.45) is -4.25. The van der Waals surface area contributed by atoms with E-state index in [0.29, 0.717) is 29.9 Å². The van der Waals surface area contributed by atoms with Crippen molar-refractivity contribution in [3.05, 3.63) is 47.5 Å². The van der Waals surface area contributed by atoms with Crippen molar-refractivity contribution in [2.45, 2.75) is 30.4 Å². The second kappa shape index (κ2) is 8.49. The molecule has 4 rings (SSSR count). The van der Waals surface area contributed by atoms with E-state index in [1.54, 1.807) is 6.07 Å². The zero-order valence-electron chi connectivity index (χ0n) is 15.9. The Kier molecular flexibility index (Phi) is 5.89. The smallest absolute Gasteiger partial charge is 0.416 e. The second-order valence-corrected chi connectivity index (χ2v) is 8.01. The van der Waals surface area contributed by atoms with E-state index in [2.05, 4.69) is 10.1 Å². The fourth-order valence-electron chi connectivity index (χ4n) is 3.49. The van der Waals surface area contributed by atoms with Crippen LogP contribution in [-0.4, -0.2) is 29.6 Å². The van der Waals surface area contributed by atoms with E-state index < -0.39 is 40.5 Å². The van der Waals surface area contributed by atoms with E-state index in [1.165, 1.54) is 12.1 Å². The number of carbonyl (C=O) groups excluding carboxylic acids is 2. The number of ether oxygens (including phenoxy) is 3. The van der Waals surface area contributed by atoms with Crippen molar-refractivity contribution in [1.82, 2.24) is 5.32 Å². The molecular formula is C20H14F5NO5S. The molecule has 0 radical (unpaired) electrons. The Morgan fingerprint density at radius 3 is 2.53 bits per heavy atom. The van der Waals surface area contributed by atoms with E-state index in [0.717, 1.165) is 17.8 Å². The SMILES string of the molecule is O=C1NC(=O)C([C@@H]2CCOc3cc(Oc4ccc(C(F)(F)F)cc4OC(F)F)ccc32)S1. The van der Waals surface area contributed by atoms with Crippen LogP contribution in [0.1, 0.15) is 23.5 Å². The van der Waals surface area contributed by atoms with Crippen LogP contribution in [0.25, 0.3) is 0 Å². The number of nitrogens with one attached hydrogen (secondary N) is 1. The third kappa shape index (κ3) is 4.59. The Balaban J connectivity index is 1.61. The van der Waals surface area contributed by atoms with Crippen LogP contribution in [0.5, 0.6) is 23.0 Å². The minimum absolute atomic E-state index is 0.0999. The van der Waals surface area contributed by atoms with E-state index in [4.69, 9.17) is 9.47 Å². The lowest BCUT2D eigenvalue weighted by Crippen LogP contribution is -2.31. The molecule has 2 heterocycles. The normalized spacial score (nSPS) is 20.6. The van der Waals surface area contributed by atoms with Crippen molar-refractivity contribution in [2.75, 3.05) is 6.61 Å². The Morgan fingerprint density at radius 2 is 1.88 bits per heavy atom. The monoisotopic (exact) mass is 475 g/mol. The van der Waals surface area contributed by atoms with Gasteiger partial charge in [-0.25, -0.2) is 0 Å². The molecule has 2 atom stereocenters. The third-order valence-electron chi connectivity index (χ3n) is 4.87. The van der Waals surface area contributed by atoms with Gasteiger partial charge in [-0.15, -0.1) is 0 Å². The molecule has 0 spiro atoms. The van der Waals surface area contributed by atoms with Gasteiger partial charge in [0.1, 0.15) is 16.7 Å². The summed E-state index contributed by atoms with van der Waals surface area (Å²) in [5.74, 6) is -1.35. The number of alkyl halides is 5. The molecule has 6 nitrogen and oxygen atoms in total. The van der Waals surface area contributed by atoms with Crippen LogP contribution in [0.15, 0.2) is 36.4 Å². The summed E-state index contributed by atoms with van der Waals surface area (Å²) in [5, 5.41) is 1.20. The van der Waals surface area contributed by atoms with Crippen molar-refractivity contribution >= 4 is 22.9 Å². The molecule has 0 aromatic heterocycles. The van der Waals surface area contributed by atoms with Crippen molar-refractivity contribution in [3.63, 3.8) is 0 Å². The van der Waals surface area contributed by atoms with Crippen LogP contribution in [0, 0.1) is 0 Å². The zero-order valence-corrected chi connectivity index (χ0v) is 16.8. The van der Waals surface area contributed by atoms with E-state index in [9.17, 15) is 31.5 Å². The molecule has 0 saturated carbocycles. The predicted octanol–water partition coefficient (Wildman–Crippen LogP) is 5.32. The molecule has 2 aromatic carbocycles. The van der Waals surface area contributed by atoms with Crippen molar-refractivity contribution in [3.8, 4) is 23.0 Å². The van der Waals surface area contributed by atoms with Gasteiger partial charge >= 0.3 is 12.8 Å². The van der Waals surface area contributed by atoms with E-state index >= 15 is 0 Å². The lowest BCUT2D eigenvalue weighted by atomic mass is 9.89. The molecule has 12 heteroatoms. The summed E-state index contributed by atoms with van der Waals surface area (Å²) in [5.41, 5.74) is -0.513. The highest BCUT2D eigenvalue weighted by atomic mass is 32.2. The topological polar surface area (TPSA) is 73.9 Å². The molecule has 1 unspecified atom stereocenters. The van der Waals surface area contributed by atoms with Gasteiger partial charge in [-0.1, -0.05) is 17.8 Å². The van der Waals surface area contributed by atoms with Gasteiger partial charge < -0.3 is 14.2 Å². The molecule has 0 bridgehead atoms. The van der Waals surface area contributed by atoms with Gasteiger partial charge in [-0.05, 0) is 36.2 Å². The van der Waals surface area contributed by atoms with E-state index in [1.807, 2.05) is 0 Å². The molecule has 2 aliphatic heterocycles. The van der Waals surface area contributed by atoms with Crippen LogP contribution < -0.4 is 19.5 Å². The van der Waals surface area contributed by atoms with Crippen LogP contribution in [0.3, 0.4) is 0 Å². The molecule has 0 aliphatic carbocycles. The maximum atomic E-state index is 12.9. The maximum Gasteiger partial charge on any atom is 0.416 e. The molecule has 1 fully saturated rings. The highest BCUT2D eigenvalue weighted by Gasteiger charge is 2.41. The second-order valence-electron chi connectivity index (χ2n) is 6.90. The molecule has 32 heavy (non-hydrogen) atoms. The average Bonchev–Trinajstić information content (AvgIpc) is 3.05. The quantitative estimate of drug-likeness (QED) is 0.591. The minimum Gasteiger partial charge on any atom is -0.493 e. The summed E-state index contributed by atoms with van der Waals surface area (Å²) < 4.78 is 79.5. The number of rotatable bonds is 5. The Hall–Kier alpha value is -3.02. The number of fused-ring (bicyclic) bond motifs is 1. The van der Waals surface area contributed by atoms with Gasteiger partial charge in [0, 0.05) is 12.0 Å². The largest absolute Gasteiger partial charge is 0.493 e. The number of hydrogen-bond acceptors (Lipinski definition) is 6. The number of amides is 2. The average molecular weight is 475 g/mol. The highest BCUT2D eigenvalue weighted by Crippen LogP contribution is 2.44. The third-order valence-corrected chi connectivity index (χ3v) is 5.98. The van der Waals surface area contributed by atoms with Crippen LogP contribution >= 0.6 is 11.8 Å². The zero-order chi connectivity index (χ0) is 23.0. The number of imide groups is 1. The summed E-state index contributed by atoms with van der Waals surface area (Å²) in [7, 11) is 0. The fourth-order valence-corrected chi connectivity index (χ4v) is 4.50. The first-order valence-corrected chi connectivity index (χ1v) is 10.1. The highest BCUT2D eigenvalue weighted by molar-refractivity contribution is 8.15. The van der Waals surface area contributed by atoms with Crippen LogP contribution in [-0.2, 0) is 11.0 Å². The number of hydrogen-bond donors (Lipinski definition) is 1. The molecule has 2 aromatic rings. The lowest BCUT2D eigenvalue weighted by Gasteiger charge is -2.28. The molecule has 170 valence electrons. The number of thioether (sulfide) groups is 1. The van der Waals surface area contributed by atoms with Gasteiger partial charge in [0.25, 0.3) is 5.24 Å². The number of carbonyl (C=O) groups is 2. The van der Waals surface area contributed by atoms with Crippen molar-refractivity contribution in [2.24, 2.45) is 0 Å². The molecular weight excluding hydrogens is 461 g/mol. The Bertz CT molecular complexity index is 1060. The molecule has 1 N–H and O–H groups in total. The first-order chi connectivity index (χ1) is 15.1. The molecule has 2 amide bonds. The number of benzene rings is 2. The molecule has 1 saturated heterocycles. The summed E-state index contributed by atoms with van der Waals surface area (Å²) in [4.78, 5) is 23.6. The Labute approximate surface area is 182 Å². The summed E-state index contributed by atoms with van der Waals surface area (Å²) in [6.45, 7) is -3.09. The van der Waals surface area contributed by atoms with Gasteiger partial charge in [0.05, 0.1) is 12.2 Å². The minimum atomic E-state index is -4.75. The van der Waals surface area contributed by atoms with Gasteiger partial charge in [-0.2, -0.15) is 22.0 Å². The fraction of sp³-hybridized carbons (Fsp3) is 0.300. The van der Waals surface area contributed by atoms with Crippen molar-refractivity contribution < 1.29 is 45.8 Å². The van der Waals surface area contributed by atoms with Gasteiger partial charge in [0.2, 0.25) is 5.91 Å². The first kappa shape index (κ1) is 22.2. The lowest BCUT2D eigenvalue weighted by molar-refractivity contribution is -0.138.